The molecule has 3 N–H and O–H groups in total. The van der Waals surface area contributed by atoms with E-state index < -0.39 is 0 Å². The number of piperidine rings is 1. The molecule has 37 heavy (non-hydrogen) atoms. The summed E-state index contributed by atoms with van der Waals surface area (Å²) in [6, 6.07) is 3.40. The van der Waals surface area contributed by atoms with Crippen molar-refractivity contribution in [2.75, 3.05) is 49.5 Å². The molecular formula is C29H49N7O. The highest BCUT2D eigenvalue weighted by Gasteiger charge is 2.39. The van der Waals surface area contributed by atoms with Gasteiger partial charge < -0.3 is 20.9 Å². The fourth-order valence-electron chi connectivity index (χ4n) is 7.29. The zero-order valence-electron chi connectivity index (χ0n) is 22.8. The molecule has 0 aromatic carbocycles. The molecule has 206 valence electrons. The second kappa shape index (κ2) is 13.2. The summed E-state index contributed by atoms with van der Waals surface area (Å²) in [6.45, 7) is 5.83. The van der Waals surface area contributed by atoms with Gasteiger partial charge >= 0.3 is 0 Å². The molecule has 1 amide bonds. The van der Waals surface area contributed by atoms with E-state index in [-0.39, 0.29) is 0 Å². The van der Waals surface area contributed by atoms with Gasteiger partial charge in [-0.05, 0) is 76.3 Å². The van der Waals surface area contributed by atoms with Crippen molar-refractivity contribution < 1.29 is 4.79 Å². The maximum absolute atomic E-state index is 12.9. The lowest BCUT2D eigenvalue weighted by Gasteiger charge is -2.40. The Balaban J connectivity index is 1.18. The number of rotatable bonds is 9. The second-order valence-electron chi connectivity index (χ2n) is 11.9. The molecular weight excluding hydrogens is 462 g/mol. The highest BCUT2D eigenvalue weighted by molar-refractivity contribution is 5.76. The van der Waals surface area contributed by atoms with Crippen LogP contribution in [0, 0.1) is 5.92 Å². The number of hydrogen-bond acceptors (Lipinski definition) is 7. The van der Waals surface area contributed by atoms with E-state index in [1.54, 1.807) is 0 Å². The smallest absolute Gasteiger partial charge is 0.224 e. The van der Waals surface area contributed by atoms with Gasteiger partial charge in [0.1, 0.15) is 5.82 Å². The molecule has 5 rings (SSSR count). The van der Waals surface area contributed by atoms with Gasteiger partial charge in [0.05, 0.1) is 0 Å². The van der Waals surface area contributed by atoms with Crippen LogP contribution in [0.15, 0.2) is 12.3 Å². The number of nitrogens with zero attached hydrogens (tertiary/aromatic N) is 5. The number of carbonyl (C=O) groups excluding carboxylic acids is 1. The van der Waals surface area contributed by atoms with Gasteiger partial charge in [0.15, 0.2) is 0 Å². The highest BCUT2D eigenvalue weighted by atomic mass is 16.2. The lowest BCUT2D eigenvalue weighted by molar-refractivity contribution is -0.133. The van der Waals surface area contributed by atoms with E-state index in [0.717, 1.165) is 89.6 Å². The summed E-state index contributed by atoms with van der Waals surface area (Å²) in [5, 5.41) is 3.74. The average Bonchev–Trinajstić information content (AvgIpc) is 3.49. The molecule has 3 aliphatic heterocycles. The number of likely N-dealkylation sites (tertiary alicyclic amines) is 2. The summed E-state index contributed by atoms with van der Waals surface area (Å²) in [7, 11) is 0. The fourth-order valence-corrected chi connectivity index (χ4v) is 7.29. The Morgan fingerprint density at radius 1 is 0.946 bits per heavy atom. The topological polar surface area (TPSA) is 90.6 Å². The van der Waals surface area contributed by atoms with Crippen LogP contribution < -0.4 is 16.0 Å². The van der Waals surface area contributed by atoms with E-state index in [1.807, 2.05) is 6.20 Å². The van der Waals surface area contributed by atoms with Crippen LogP contribution in [0.2, 0.25) is 0 Å². The van der Waals surface area contributed by atoms with Crippen molar-refractivity contribution >= 4 is 17.7 Å². The monoisotopic (exact) mass is 511 g/mol. The van der Waals surface area contributed by atoms with Crippen molar-refractivity contribution in [1.29, 1.82) is 0 Å². The summed E-state index contributed by atoms with van der Waals surface area (Å²) in [6.07, 6.45) is 18.3. The molecule has 0 unspecified atom stereocenters. The largest absolute Gasteiger partial charge is 0.356 e. The molecule has 3 saturated heterocycles. The van der Waals surface area contributed by atoms with Gasteiger partial charge in [0.25, 0.3) is 0 Å². The van der Waals surface area contributed by atoms with Crippen LogP contribution in [0.25, 0.3) is 0 Å². The van der Waals surface area contributed by atoms with Gasteiger partial charge in [-0.2, -0.15) is 4.98 Å². The lowest BCUT2D eigenvalue weighted by atomic mass is 9.97. The van der Waals surface area contributed by atoms with Crippen LogP contribution in [-0.4, -0.2) is 83.1 Å². The van der Waals surface area contributed by atoms with Crippen LogP contribution in [-0.2, 0) is 4.79 Å². The van der Waals surface area contributed by atoms with Crippen LogP contribution >= 0.6 is 0 Å². The van der Waals surface area contributed by atoms with Crippen molar-refractivity contribution in [3.8, 4) is 0 Å². The molecule has 1 aliphatic carbocycles. The molecule has 1 saturated carbocycles. The van der Waals surface area contributed by atoms with E-state index in [0.29, 0.717) is 30.0 Å². The number of aromatic nitrogens is 2. The predicted molar refractivity (Wildman–Crippen MR) is 150 cm³/mol. The zero-order valence-corrected chi connectivity index (χ0v) is 22.8. The van der Waals surface area contributed by atoms with Gasteiger partial charge in [-0.3, -0.25) is 9.69 Å². The van der Waals surface area contributed by atoms with E-state index >= 15 is 0 Å². The van der Waals surface area contributed by atoms with Crippen LogP contribution in [0.4, 0.5) is 11.8 Å². The standard InChI is InChI=1S/C29H49N7O/c30-15-7-10-26-25(32-29-31-16-11-27(33-29)34-17-5-1-2-6-18-34)14-21-36(26)24-12-19-35(20-13-24)28(37)22-23-8-3-4-9-23/h11,16,23-26H,1-10,12-15,17-22,30H2,(H,31,32,33)/t25-,26+/m0/s1. The summed E-state index contributed by atoms with van der Waals surface area (Å²) in [5.41, 5.74) is 5.95. The summed E-state index contributed by atoms with van der Waals surface area (Å²) >= 11 is 0. The van der Waals surface area contributed by atoms with Gasteiger partial charge in [-0.25, -0.2) is 4.98 Å². The Labute approximate surface area is 223 Å². The van der Waals surface area contributed by atoms with Crippen molar-refractivity contribution in [3.05, 3.63) is 12.3 Å². The van der Waals surface area contributed by atoms with Gasteiger partial charge in [0, 0.05) is 63.5 Å². The molecule has 0 bridgehead atoms. The normalized spacial score (nSPS) is 26.5. The van der Waals surface area contributed by atoms with Crippen molar-refractivity contribution in [2.45, 2.75) is 108 Å². The quantitative estimate of drug-likeness (QED) is 0.517. The molecule has 8 nitrogen and oxygen atoms in total. The summed E-state index contributed by atoms with van der Waals surface area (Å²) < 4.78 is 0. The Morgan fingerprint density at radius 3 is 2.43 bits per heavy atom. The minimum absolute atomic E-state index is 0.341. The highest BCUT2D eigenvalue weighted by Crippen LogP contribution is 2.32. The minimum Gasteiger partial charge on any atom is -0.356 e. The first-order valence-corrected chi connectivity index (χ1v) is 15.3. The third kappa shape index (κ3) is 6.94. The summed E-state index contributed by atoms with van der Waals surface area (Å²) in [4.78, 5) is 29.7. The molecule has 1 aromatic rings. The molecule has 1 aromatic heterocycles. The number of amides is 1. The third-order valence-corrected chi connectivity index (χ3v) is 9.40. The molecule has 4 aliphatic rings. The number of anilines is 2. The van der Waals surface area contributed by atoms with Crippen LogP contribution in [0.3, 0.4) is 0 Å². The zero-order chi connectivity index (χ0) is 25.5. The first-order valence-electron chi connectivity index (χ1n) is 15.3. The molecule has 8 heteroatoms. The molecule has 2 atom stereocenters. The minimum atomic E-state index is 0.341. The Hall–Kier alpha value is -1.93. The molecule has 4 fully saturated rings. The molecule has 4 heterocycles. The Morgan fingerprint density at radius 2 is 1.70 bits per heavy atom. The maximum Gasteiger partial charge on any atom is 0.224 e. The maximum atomic E-state index is 12.9. The Kier molecular flexibility index (Phi) is 9.54. The fraction of sp³-hybridized carbons (Fsp3) is 0.828. The van der Waals surface area contributed by atoms with Crippen molar-refractivity contribution in [1.82, 2.24) is 19.8 Å². The third-order valence-electron chi connectivity index (χ3n) is 9.40. The van der Waals surface area contributed by atoms with Crippen LogP contribution in [0.5, 0.6) is 0 Å². The van der Waals surface area contributed by atoms with E-state index in [1.165, 1.54) is 51.4 Å². The van der Waals surface area contributed by atoms with Crippen molar-refractivity contribution in [3.63, 3.8) is 0 Å². The SMILES string of the molecule is NCCC[C@@H]1[C@@H](Nc2nccc(N3CCCCCC3)n2)CCN1C1CCN(C(=O)CC2CCCC2)CC1. The van der Waals surface area contributed by atoms with E-state index in [2.05, 4.69) is 31.1 Å². The van der Waals surface area contributed by atoms with Crippen molar-refractivity contribution in [2.24, 2.45) is 11.7 Å². The van der Waals surface area contributed by atoms with Gasteiger partial charge in [-0.15, -0.1) is 0 Å². The number of carbonyl (C=O) groups is 1. The first-order chi connectivity index (χ1) is 18.2. The van der Waals surface area contributed by atoms with Gasteiger partial charge in [0.2, 0.25) is 11.9 Å². The lowest BCUT2D eigenvalue weighted by Crippen LogP contribution is -2.50. The van der Waals surface area contributed by atoms with Crippen LogP contribution in [0.1, 0.15) is 89.9 Å². The number of nitrogens with one attached hydrogen (secondary N) is 1. The van der Waals surface area contributed by atoms with E-state index in [4.69, 9.17) is 10.7 Å². The van der Waals surface area contributed by atoms with Gasteiger partial charge in [-0.1, -0.05) is 25.7 Å². The Bertz CT molecular complexity index is 844. The number of hydrogen-bond donors (Lipinski definition) is 2. The second-order valence-corrected chi connectivity index (χ2v) is 11.9. The average molecular weight is 512 g/mol. The molecule has 0 radical (unpaired) electrons. The van der Waals surface area contributed by atoms with E-state index in [9.17, 15) is 4.79 Å². The summed E-state index contributed by atoms with van der Waals surface area (Å²) in [5.74, 6) is 2.85. The molecule has 0 spiro atoms. The number of nitrogens with two attached hydrogens (primary N) is 1. The predicted octanol–water partition coefficient (Wildman–Crippen LogP) is 4.02. The first kappa shape index (κ1) is 26.7.